The highest BCUT2D eigenvalue weighted by molar-refractivity contribution is 6.11. The molecule has 4 atom stereocenters. The highest BCUT2D eigenvalue weighted by atomic mass is 14.4. The van der Waals surface area contributed by atoms with Gasteiger partial charge < -0.3 is 0 Å². The van der Waals surface area contributed by atoms with Crippen molar-refractivity contribution in [2.45, 2.75) is 57.7 Å². The van der Waals surface area contributed by atoms with Crippen molar-refractivity contribution in [3.8, 4) is 0 Å². The molecule has 0 N–H and O–H groups in total. The summed E-state index contributed by atoms with van der Waals surface area (Å²) in [5.74, 6) is 4.34. The van der Waals surface area contributed by atoms with Gasteiger partial charge in [0.05, 0.1) is 0 Å². The van der Waals surface area contributed by atoms with Gasteiger partial charge in [-0.25, -0.2) is 0 Å². The number of hydrogen-bond donors (Lipinski definition) is 0. The van der Waals surface area contributed by atoms with Crippen LogP contribution in [0.5, 0.6) is 0 Å². The van der Waals surface area contributed by atoms with Gasteiger partial charge in [0, 0.05) is 0 Å². The standard InChI is InChI=1S/C12H23B/c1-2-9-3-4-11-8-12(13)6-5-10(11)7-9/h9-12H,2-8,13H2,1H3. The molecule has 2 saturated carbocycles. The van der Waals surface area contributed by atoms with E-state index >= 15 is 0 Å². The van der Waals surface area contributed by atoms with Crippen LogP contribution in [-0.4, -0.2) is 7.85 Å². The largest absolute Gasteiger partial charge is 0.105 e. The molecule has 0 aromatic carbocycles. The fourth-order valence-electron chi connectivity index (χ4n) is 3.59. The van der Waals surface area contributed by atoms with E-state index in [1.807, 2.05) is 0 Å². The molecule has 0 bridgehead atoms. The summed E-state index contributed by atoms with van der Waals surface area (Å²) in [6, 6.07) is 0. The molecule has 2 aliphatic carbocycles. The van der Waals surface area contributed by atoms with Crippen LogP contribution >= 0.6 is 0 Å². The summed E-state index contributed by atoms with van der Waals surface area (Å²) in [5, 5.41) is 0. The Bertz CT molecular complexity index is 167. The highest BCUT2D eigenvalue weighted by Gasteiger charge is 2.33. The Morgan fingerprint density at radius 3 is 2.46 bits per heavy atom. The zero-order valence-electron chi connectivity index (χ0n) is 9.26. The first-order valence-corrected chi connectivity index (χ1v) is 6.29. The van der Waals surface area contributed by atoms with Crippen LogP contribution in [0.2, 0.25) is 5.82 Å². The van der Waals surface area contributed by atoms with Gasteiger partial charge in [0.15, 0.2) is 0 Å². The molecule has 0 spiro atoms. The Hall–Kier alpha value is 0.0649. The molecule has 0 radical (unpaired) electrons. The lowest BCUT2D eigenvalue weighted by Crippen LogP contribution is -2.29. The van der Waals surface area contributed by atoms with E-state index in [1.54, 1.807) is 25.7 Å². The summed E-state index contributed by atoms with van der Waals surface area (Å²) < 4.78 is 0. The third-order valence-corrected chi connectivity index (χ3v) is 4.56. The second-order valence-electron chi connectivity index (χ2n) is 5.53. The number of fused-ring (bicyclic) bond motifs is 1. The first-order chi connectivity index (χ1) is 6.29. The van der Waals surface area contributed by atoms with Crippen molar-refractivity contribution in [3.05, 3.63) is 0 Å². The minimum Gasteiger partial charge on any atom is -0.0694 e. The summed E-state index contributed by atoms with van der Waals surface area (Å²) >= 11 is 0. The van der Waals surface area contributed by atoms with Crippen LogP contribution in [0.15, 0.2) is 0 Å². The molecule has 0 saturated heterocycles. The summed E-state index contributed by atoms with van der Waals surface area (Å²) in [6.45, 7) is 2.37. The van der Waals surface area contributed by atoms with Crippen LogP contribution in [-0.2, 0) is 0 Å². The number of rotatable bonds is 1. The molecule has 2 aliphatic rings. The van der Waals surface area contributed by atoms with Gasteiger partial charge in [-0.3, -0.25) is 0 Å². The van der Waals surface area contributed by atoms with Crippen LogP contribution in [0, 0.1) is 17.8 Å². The van der Waals surface area contributed by atoms with Crippen LogP contribution in [0.3, 0.4) is 0 Å². The predicted molar refractivity (Wildman–Crippen MR) is 60.8 cm³/mol. The van der Waals surface area contributed by atoms with E-state index in [2.05, 4.69) is 14.8 Å². The molecular weight excluding hydrogens is 155 g/mol. The van der Waals surface area contributed by atoms with Crippen molar-refractivity contribution >= 4 is 7.85 Å². The molecule has 0 nitrogen and oxygen atoms in total. The van der Waals surface area contributed by atoms with Gasteiger partial charge in [0.25, 0.3) is 0 Å². The van der Waals surface area contributed by atoms with E-state index in [0.717, 1.165) is 23.6 Å². The van der Waals surface area contributed by atoms with E-state index in [9.17, 15) is 0 Å². The lowest BCUT2D eigenvalue weighted by molar-refractivity contribution is 0.128. The molecule has 0 heterocycles. The van der Waals surface area contributed by atoms with Crippen molar-refractivity contribution in [1.29, 1.82) is 0 Å². The number of hydrogen-bond acceptors (Lipinski definition) is 0. The summed E-state index contributed by atoms with van der Waals surface area (Å²) in [7, 11) is 2.45. The van der Waals surface area contributed by atoms with Crippen molar-refractivity contribution in [2.75, 3.05) is 0 Å². The maximum Gasteiger partial charge on any atom is 0.105 e. The SMILES string of the molecule is BC1CCC2CC(CC)CCC2C1. The van der Waals surface area contributed by atoms with Crippen LogP contribution in [0.1, 0.15) is 51.9 Å². The van der Waals surface area contributed by atoms with Gasteiger partial charge in [-0.05, 0) is 30.6 Å². The topological polar surface area (TPSA) is 0 Å². The van der Waals surface area contributed by atoms with Gasteiger partial charge in [-0.15, -0.1) is 0 Å². The van der Waals surface area contributed by atoms with E-state index in [1.165, 1.54) is 19.3 Å². The Kier molecular flexibility index (Phi) is 3.01. The quantitative estimate of drug-likeness (QED) is 0.541. The van der Waals surface area contributed by atoms with Gasteiger partial charge in [-0.1, -0.05) is 44.8 Å². The molecule has 2 fully saturated rings. The molecule has 0 amide bonds. The Morgan fingerprint density at radius 1 is 1.00 bits per heavy atom. The van der Waals surface area contributed by atoms with Crippen LogP contribution in [0.25, 0.3) is 0 Å². The third kappa shape index (κ3) is 2.11. The second-order valence-corrected chi connectivity index (χ2v) is 5.53. The fourth-order valence-corrected chi connectivity index (χ4v) is 3.59. The van der Waals surface area contributed by atoms with Crippen LogP contribution < -0.4 is 0 Å². The first-order valence-electron chi connectivity index (χ1n) is 6.29. The fraction of sp³-hybridized carbons (Fsp3) is 1.00. The third-order valence-electron chi connectivity index (χ3n) is 4.56. The summed E-state index contributed by atoms with van der Waals surface area (Å²) in [4.78, 5) is 0. The zero-order valence-corrected chi connectivity index (χ0v) is 9.26. The summed E-state index contributed by atoms with van der Waals surface area (Å²) in [5.41, 5.74) is 0. The highest BCUT2D eigenvalue weighted by Crippen LogP contribution is 2.46. The molecule has 0 aliphatic heterocycles. The Balaban J connectivity index is 1.90. The normalized spacial score (nSPS) is 45.6. The second kappa shape index (κ2) is 4.06. The van der Waals surface area contributed by atoms with E-state index in [0.29, 0.717) is 0 Å². The average molecular weight is 178 g/mol. The van der Waals surface area contributed by atoms with E-state index < -0.39 is 0 Å². The Morgan fingerprint density at radius 2 is 1.69 bits per heavy atom. The zero-order chi connectivity index (χ0) is 9.26. The van der Waals surface area contributed by atoms with Crippen molar-refractivity contribution in [1.82, 2.24) is 0 Å². The van der Waals surface area contributed by atoms with E-state index in [-0.39, 0.29) is 0 Å². The van der Waals surface area contributed by atoms with E-state index in [4.69, 9.17) is 0 Å². The minimum absolute atomic E-state index is 1.03. The average Bonchev–Trinajstić information content (AvgIpc) is 2.17. The maximum atomic E-state index is 2.45. The molecule has 0 aromatic heterocycles. The lowest BCUT2D eigenvalue weighted by Gasteiger charge is -2.41. The van der Waals surface area contributed by atoms with Crippen molar-refractivity contribution in [3.63, 3.8) is 0 Å². The molecule has 1 heteroatoms. The lowest BCUT2D eigenvalue weighted by atomic mass is 9.60. The van der Waals surface area contributed by atoms with Gasteiger partial charge in [-0.2, -0.15) is 0 Å². The molecule has 13 heavy (non-hydrogen) atoms. The predicted octanol–water partition coefficient (Wildman–Crippen LogP) is 3.03. The maximum absolute atomic E-state index is 2.45. The monoisotopic (exact) mass is 178 g/mol. The van der Waals surface area contributed by atoms with Gasteiger partial charge in [0.2, 0.25) is 0 Å². The van der Waals surface area contributed by atoms with Gasteiger partial charge >= 0.3 is 0 Å². The minimum atomic E-state index is 1.03. The molecular formula is C12H23B. The van der Waals surface area contributed by atoms with Crippen molar-refractivity contribution < 1.29 is 0 Å². The van der Waals surface area contributed by atoms with Gasteiger partial charge in [0.1, 0.15) is 7.85 Å². The Labute approximate surface area is 83.9 Å². The molecule has 4 unspecified atom stereocenters. The smallest absolute Gasteiger partial charge is 0.0694 e. The summed E-state index contributed by atoms with van der Waals surface area (Å²) in [6.07, 6.45) is 10.7. The van der Waals surface area contributed by atoms with Crippen LogP contribution in [0.4, 0.5) is 0 Å². The molecule has 74 valence electrons. The molecule has 0 aromatic rings. The first kappa shape index (κ1) is 9.61. The molecule has 2 rings (SSSR count). The van der Waals surface area contributed by atoms with Crippen molar-refractivity contribution in [2.24, 2.45) is 17.8 Å².